The number of urea groups is 1. The summed E-state index contributed by atoms with van der Waals surface area (Å²) >= 11 is 0. The summed E-state index contributed by atoms with van der Waals surface area (Å²) in [4.78, 5) is 16.5. The molecule has 2 amide bonds. The van der Waals surface area contributed by atoms with Crippen LogP contribution in [0.1, 0.15) is 38.1 Å². The molecule has 106 valence electrons. The molecule has 0 radical (unpaired) electrons. The van der Waals surface area contributed by atoms with E-state index in [4.69, 9.17) is 0 Å². The molecule has 5 heteroatoms. The molecule has 1 saturated carbocycles. The van der Waals surface area contributed by atoms with Gasteiger partial charge in [0.25, 0.3) is 0 Å². The Morgan fingerprint density at radius 1 is 1.40 bits per heavy atom. The molecule has 1 heterocycles. The van der Waals surface area contributed by atoms with Crippen LogP contribution in [0, 0.1) is 0 Å². The maximum atomic E-state index is 11.9. The smallest absolute Gasteiger partial charge is 0.315 e. The predicted octanol–water partition coefficient (Wildman–Crippen LogP) is 2.49. The van der Waals surface area contributed by atoms with E-state index in [0.717, 1.165) is 29.7 Å². The number of hydrogen-bond donors (Lipinski definition) is 2. The number of carbonyl (C=O) groups excluding carboxylic acids is 1. The number of benzene rings is 1. The first-order valence-corrected chi connectivity index (χ1v) is 7.13. The summed E-state index contributed by atoms with van der Waals surface area (Å²) in [6.07, 6.45) is 3.40. The number of aromatic nitrogens is 2. The number of para-hydroxylation sites is 2. The van der Waals surface area contributed by atoms with Gasteiger partial charge in [0.15, 0.2) is 0 Å². The van der Waals surface area contributed by atoms with Crippen molar-refractivity contribution < 1.29 is 4.79 Å². The molecular weight excluding hydrogens is 252 g/mol. The Kier molecular flexibility index (Phi) is 3.34. The lowest BCUT2D eigenvalue weighted by molar-refractivity contribution is 0.225. The average Bonchev–Trinajstić information content (AvgIpc) is 2.72. The zero-order valence-electron chi connectivity index (χ0n) is 11.9. The first kappa shape index (κ1) is 13.0. The molecule has 0 spiro atoms. The lowest BCUT2D eigenvalue weighted by Crippen LogP contribution is -2.46. The van der Waals surface area contributed by atoms with Gasteiger partial charge in [0, 0.05) is 13.1 Å². The minimum atomic E-state index is -0.118. The molecule has 3 rings (SSSR count). The first-order valence-electron chi connectivity index (χ1n) is 7.13. The Morgan fingerprint density at radius 2 is 2.15 bits per heavy atom. The fraction of sp³-hybridized carbons (Fsp3) is 0.467. The summed E-state index contributed by atoms with van der Waals surface area (Å²) in [5.41, 5.74) is 2.04. The van der Waals surface area contributed by atoms with Gasteiger partial charge in [0.05, 0.1) is 17.1 Å². The van der Waals surface area contributed by atoms with Crippen LogP contribution < -0.4 is 10.6 Å². The van der Waals surface area contributed by atoms with Crippen LogP contribution in [-0.2, 0) is 7.05 Å². The molecule has 1 fully saturated rings. The summed E-state index contributed by atoms with van der Waals surface area (Å²) < 4.78 is 2.03. The van der Waals surface area contributed by atoms with Gasteiger partial charge in [-0.15, -0.1) is 0 Å². The van der Waals surface area contributed by atoms with Gasteiger partial charge in [-0.2, -0.15) is 0 Å². The van der Waals surface area contributed by atoms with Crippen molar-refractivity contribution in [3.8, 4) is 0 Å². The van der Waals surface area contributed by atoms with Gasteiger partial charge in [0.1, 0.15) is 5.82 Å². The number of hydrogen-bond acceptors (Lipinski definition) is 2. The minimum Gasteiger partial charge on any atom is -0.335 e. The highest BCUT2D eigenvalue weighted by Gasteiger charge is 2.21. The van der Waals surface area contributed by atoms with E-state index in [0.29, 0.717) is 6.04 Å². The largest absolute Gasteiger partial charge is 0.335 e. The highest BCUT2D eigenvalue weighted by molar-refractivity contribution is 5.77. The second-order valence-electron chi connectivity index (χ2n) is 5.49. The van der Waals surface area contributed by atoms with E-state index in [1.54, 1.807) is 0 Å². The third-order valence-electron chi connectivity index (χ3n) is 4.00. The molecule has 20 heavy (non-hydrogen) atoms. The molecule has 1 unspecified atom stereocenters. The van der Waals surface area contributed by atoms with Gasteiger partial charge in [0.2, 0.25) is 0 Å². The van der Waals surface area contributed by atoms with Crippen LogP contribution in [0.5, 0.6) is 0 Å². The van der Waals surface area contributed by atoms with E-state index in [9.17, 15) is 4.79 Å². The average molecular weight is 272 g/mol. The Bertz CT molecular complexity index is 630. The maximum absolute atomic E-state index is 11.9. The molecule has 1 atom stereocenters. The van der Waals surface area contributed by atoms with Crippen molar-refractivity contribution in [1.29, 1.82) is 0 Å². The molecule has 5 nitrogen and oxygen atoms in total. The number of imidazole rings is 1. The highest BCUT2D eigenvalue weighted by Crippen LogP contribution is 2.20. The molecule has 1 aliphatic rings. The van der Waals surface area contributed by atoms with Crippen molar-refractivity contribution in [3.63, 3.8) is 0 Å². The van der Waals surface area contributed by atoms with Crippen LogP contribution in [0.4, 0.5) is 4.79 Å². The van der Waals surface area contributed by atoms with Crippen molar-refractivity contribution >= 4 is 17.1 Å². The molecule has 1 aliphatic carbocycles. The van der Waals surface area contributed by atoms with E-state index in [-0.39, 0.29) is 12.1 Å². The van der Waals surface area contributed by atoms with Crippen molar-refractivity contribution in [2.24, 2.45) is 7.05 Å². The summed E-state index contributed by atoms with van der Waals surface area (Å²) in [6.45, 7) is 1.96. The fourth-order valence-corrected chi connectivity index (χ4v) is 2.59. The first-order chi connectivity index (χ1) is 9.65. The lowest BCUT2D eigenvalue weighted by atomic mass is 9.93. The monoisotopic (exact) mass is 272 g/mol. The van der Waals surface area contributed by atoms with Gasteiger partial charge in [-0.05, 0) is 38.3 Å². The normalized spacial score (nSPS) is 16.7. The molecule has 0 saturated heterocycles. The van der Waals surface area contributed by atoms with E-state index in [2.05, 4.69) is 15.6 Å². The summed E-state index contributed by atoms with van der Waals surface area (Å²) in [5, 5.41) is 5.95. The Balaban J connectivity index is 1.72. The van der Waals surface area contributed by atoms with Gasteiger partial charge in [-0.25, -0.2) is 9.78 Å². The van der Waals surface area contributed by atoms with Gasteiger partial charge < -0.3 is 15.2 Å². The van der Waals surface area contributed by atoms with E-state index in [1.807, 2.05) is 42.8 Å². The van der Waals surface area contributed by atoms with Gasteiger partial charge >= 0.3 is 6.03 Å². The zero-order chi connectivity index (χ0) is 14.1. The number of carbonyl (C=O) groups is 1. The third kappa shape index (κ3) is 2.35. The topological polar surface area (TPSA) is 59.0 Å². The van der Waals surface area contributed by atoms with E-state index < -0.39 is 0 Å². The zero-order valence-corrected chi connectivity index (χ0v) is 11.9. The second-order valence-corrected chi connectivity index (χ2v) is 5.49. The van der Waals surface area contributed by atoms with Crippen LogP contribution in [0.15, 0.2) is 24.3 Å². The Hall–Kier alpha value is -2.04. The fourth-order valence-electron chi connectivity index (χ4n) is 2.59. The summed E-state index contributed by atoms with van der Waals surface area (Å²) in [5.74, 6) is 0.870. The number of fused-ring (bicyclic) bond motifs is 1. The number of amides is 2. The number of nitrogens with one attached hydrogen (secondary N) is 2. The molecule has 1 aromatic carbocycles. The van der Waals surface area contributed by atoms with Crippen molar-refractivity contribution in [2.75, 3.05) is 0 Å². The summed E-state index contributed by atoms with van der Waals surface area (Å²) in [6, 6.07) is 8.12. The van der Waals surface area contributed by atoms with Crippen molar-refractivity contribution in [3.05, 3.63) is 30.1 Å². The minimum absolute atomic E-state index is 0.103. The maximum Gasteiger partial charge on any atom is 0.315 e. The third-order valence-corrected chi connectivity index (χ3v) is 4.00. The Morgan fingerprint density at radius 3 is 2.80 bits per heavy atom. The van der Waals surface area contributed by atoms with Crippen LogP contribution in [0.25, 0.3) is 11.0 Å². The molecule has 0 aliphatic heterocycles. The van der Waals surface area contributed by atoms with Crippen LogP contribution in [0.2, 0.25) is 0 Å². The van der Waals surface area contributed by atoms with E-state index >= 15 is 0 Å². The molecule has 2 N–H and O–H groups in total. The van der Waals surface area contributed by atoms with E-state index in [1.165, 1.54) is 6.42 Å². The SMILES string of the molecule is CC(NC(=O)NC1CCC1)c1nc2ccccc2n1C. The van der Waals surface area contributed by atoms with Gasteiger partial charge in [-0.3, -0.25) is 0 Å². The number of rotatable bonds is 3. The van der Waals surface area contributed by atoms with Gasteiger partial charge in [-0.1, -0.05) is 12.1 Å². The number of aryl methyl sites for hydroxylation is 1. The highest BCUT2D eigenvalue weighted by atomic mass is 16.2. The lowest BCUT2D eigenvalue weighted by Gasteiger charge is -2.27. The second kappa shape index (κ2) is 5.15. The van der Waals surface area contributed by atoms with Crippen molar-refractivity contribution in [2.45, 2.75) is 38.3 Å². The standard InChI is InChI=1S/C15H20N4O/c1-10(16-15(20)17-11-6-5-7-11)14-18-12-8-3-4-9-13(12)19(14)2/h3-4,8-11H,5-7H2,1-2H3,(H2,16,17,20). The van der Waals surface area contributed by atoms with Crippen LogP contribution in [0.3, 0.4) is 0 Å². The van der Waals surface area contributed by atoms with Crippen molar-refractivity contribution in [1.82, 2.24) is 20.2 Å². The quantitative estimate of drug-likeness (QED) is 0.902. The van der Waals surface area contributed by atoms with Crippen LogP contribution >= 0.6 is 0 Å². The number of nitrogens with zero attached hydrogens (tertiary/aromatic N) is 2. The molecule has 2 aromatic rings. The summed E-state index contributed by atoms with van der Waals surface area (Å²) in [7, 11) is 1.98. The molecular formula is C15H20N4O. The predicted molar refractivity (Wildman–Crippen MR) is 78.4 cm³/mol. The molecule has 0 bridgehead atoms. The molecule has 1 aromatic heterocycles. The van der Waals surface area contributed by atoms with Crippen LogP contribution in [-0.4, -0.2) is 21.6 Å². The Labute approximate surface area is 118 Å².